The van der Waals surface area contributed by atoms with Gasteiger partial charge >= 0.3 is 0 Å². The molecule has 3 aliphatic heterocycles. The summed E-state index contributed by atoms with van der Waals surface area (Å²) >= 11 is 11.7. The molecule has 6 atom stereocenters. The lowest BCUT2D eigenvalue weighted by Crippen LogP contribution is -2.56. The Labute approximate surface area is 277 Å². The number of fused-ring (bicyclic) bond motifs is 1. The van der Waals surface area contributed by atoms with E-state index in [-0.39, 0.29) is 41.0 Å². The number of unbranched alkanes of at least 4 members (excludes halogenated alkanes) is 3. The van der Waals surface area contributed by atoms with Crippen LogP contribution in [0, 0.1) is 11.8 Å². The van der Waals surface area contributed by atoms with Crippen molar-refractivity contribution in [3.05, 3.63) is 84.9 Å². The predicted octanol–water partition coefficient (Wildman–Crippen LogP) is 6.10. The van der Waals surface area contributed by atoms with E-state index in [0.29, 0.717) is 43.1 Å². The Kier molecular flexibility index (Phi) is 10.6. The van der Waals surface area contributed by atoms with Crippen molar-refractivity contribution in [1.29, 1.82) is 0 Å². The van der Waals surface area contributed by atoms with E-state index in [2.05, 4.69) is 29.1 Å². The first-order valence-electron chi connectivity index (χ1n) is 15.2. The summed E-state index contributed by atoms with van der Waals surface area (Å²) in [5, 5.41) is 9.65. The second-order valence-electron chi connectivity index (χ2n) is 11.6. The highest BCUT2D eigenvalue weighted by atomic mass is 79.9. The number of carbonyl (C=O) groups excluding carboxylic acids is 3. The van der Waals surface area contributed by atoms with Crippen LogP contribution in [0.1, 0.15) is 32.1 Å². The highest BCUT2D eigenvalue weighted by molar-refractivity contribution is 9.09. The number of halogens is 2. The average Bonchev–Trinajstić information content (AvgIpc) is 3.62. The minimum atomic E-state index is -0.763. The monoisotopic (exact) mass is 699 g/mol. The number of aliphatic hydroxyl groups is 1. The Balaban J connectivity index is 1.55. The zero-order valence-corrected chi connectivity index (χ0v) is 27.9. The molecule has 10 heteroatoms. The molecule has 3 fully saturated rings. The van der Waals surface area contributed by atoms with Crippen molar-refractivity contribution in [1.82, 2.24) is 4.90 Å². The number of aliphatic hydroxyl groups excluding tert-OH is 1. The van der Waals surface area contributed by atoms with Crippen LogP contribution in [0.25, 0.3) is 0 Å². The molecule has 44 heavy (non-hydrogen) atoms. The molecular weight excluding hydrogens is 662 g/mol. The van der Waals surface area contributed by atoms with Crippen molar-refractivity contribution < 1.29 is 19.5 Å². The zero-order valence-electron chi connectivity index (χ0n) is 24.7. The Morgan fingerprint density at radius 1 is 0.977 bits per heavy atom. The summed E-state index contributed by atoms with van der Waals surface area (Å²) in [6.45, 7) is 8.91. The van der Waals surface area contributed by atoms with Gasteiger partial charge in [-0.15, -0.1) is 24.9 Å². The molecule has 7 nitrogen and oxygen atoms in total. The van der Waals surface area contributed by atoms with Crippen molar-refractivity contribution in [2.24, 2.45) is 11.8 Å². The minimum absolute atomic E-state index is 0.0324. The molecule has 5 rings (SSSR count). The molecule has 2 bridgehead atoms. The number of anilines is 2. The van der Waals surface area contributed by atoms with E-state index in [4.69, 9.17) is 11.6 Å². The molecular formula is C34H39BrClN3O4S. The number of likely N-dealkylation sites (tertiary alicyclic amines) is 1. The minimum Gasteiger partial charge on any atom is -0.396 e. The molecule has 0 radical (unpaired) electrons. The van der Waals surface area contributed by atoms with Crippen LogP contribution < -0.4 is 9.80 Å². The van der Waals surface area contributed by atoms with E-state index >= 15 is 0 Å². The predicted molar refractivity (Wildman–Crippen MR) is 182 cm³/mol. The highest BCUT2D eigenvalue weighted by Crippen LogP contribution is 2.68. The van der Waals surface area contributed by atoms with Crippen LogP contribution in [0.5, 0.6) is 0 Å². The quantitative estimate of drug-likeness (QED) is 0.147. The van der Waals surface area contributed by atoms with Crippen molar-refractivity contribution >= 4 is 68.4 Å². The number of para-hydroxylation sites is 1. The largest absolute Gasteiger partial charge is 0.396 e. The van der Waals surface area contributed by atoms with Gasteiger partial charge in [-0.2, -0.15) is 0 Å². The maximum atomic E-state index is 14.8. The molecule has 3 aliphatic rings. The summed E-state index contributed by atoms with van der Waals surface area (Å²) in [5.41, 5.74) is 1.43. The fraction of sp³-hybridized carbons (Fsp3) is 0.441. The molecule has 3 amide bonds. The van der Waals surface area contributed by atoms with Gasteiger partial charge in [0.1, 0.15) is 6.04 Å². The van der Waals surface area contributed by atoms with E-state index in [9.17, 15) is 19.5 Å². The third-order valence-corrected chi connectivity index (χ3v) is 12.4. The first kappa shape index (κ1) is 32.8. The Hall–Kier alpha value is -2.59. The normalized spacial score (nSPS) is 26.8. The van der Waals surface area contributed by atoms with Gasteiger partial charge in [0.25, 0.3) is 5.91 Å². The van der Waals surface area contributed by atoms with Crippen LogP contribution in [-0.4, -0.2) is 74.8 Å². The second kappa shape index (κ2) is 14.2. The van der Waals surface area contributed by atoms with E-state index in [1.54, 1.807) is 62.9 Å². The van der Waals surface area contributed by atoms with Crippen LogP contribution >= 0.6 is 39.3 Å². The van der Waals surface area contributed by atoms with Crippen LogP contribution in [0.15, 0.2) is 79.9 Å². The number of amides is 3. The number of alkyl halides is 1. The van der Waals surface area contributed by atoms with Gasteiger partial charge in [0.15, 0.2) is 0 Å². The number of benzene rings is 2. The summed E-state index contributed by atoms with van der Waals surface area (Å²) in [4.78, 5) is 48.9. The molecule has 0 aromatic heterocycles. The first-order chi connectivity index (χ1) is 21.3. The molecule has 1 N–H and O–H groups in total. The topological polar surface area (TPSA) is 81.2 Å². The van der Waals surface area contributed by atoms with Crippen LogP contribution in [-0.2, 0) is 14.4 Å². The molecule has 234 valence electrons. The van der Waals surface area contributed by atoms with Crippen LogP contribution in [0.2, 0.25) is 5.02 Å². The lowest BCUT2D eigenvalue weighted by Gasteiger charge is -2.38. The maximum Gasteiger partial charge on any atom is 0.251 e. The van der Waals surface area contributed by atoms with Crippen LogP contribution in [0.4, 0.5) is 11.4 Å². The summed E-state index contributed by atoms with van der Waals surface area (Å²) in [5.74, 6) is -1.64. The summed E-state index contributed by atoms with van der Waals surface area (Å²) < 4.78 is -0.763. The van der Waals surface area contributed by atoms with Crippen LogP contribution in [0.3, 0.4) is 0 Å². The second-order valence-corrected chi connectivity index (χ2v) is 14.8. The number of carbonyl (C=O) groups is 3. The first-order valence-corrected chi connectivity index (χ1v) is 17.3. The summed E-state index contributed by atoms with van der Waals surface area (Å²) in [7, 11) is 0. The van der Waals surface area contributed by atoms with Gasteiger partial charge in [-0.1, -0.05) is 70.7 Å². The Morgan fingerprint density at radius 3 is 2.23 bits per heavy atom. The third-order valence-electron chi connectivity index (χ3n) is 8.98. The molecule has 3 unspecified atom stereocenters. The van der Waals surface area contributed by atoms with E-state index < -0.39 is 22.6 Å². The standard InChI is InChI=1S/C34H39BrClN3O4S/c1-3-18-37(24-12-8-7-9-13-24)31(41)27-28-32(42)39(20-10-5-6-11-21-40)30(34(28)22-26(35)29(27)44-34)33(43)38(19-4-2)25-16-14-23(36)15-17-25/h3-4,7-9,12-17,26-30,40H,1-2,5-6,10-11,18-22H2/t26?,27-,28-,29-,30?,34?/m0/s1. The smallest absolute Gasteiger partial charge is 0.251 e. The van der Waals surface area contributed by atoms with E-state index in [1.165, 1.54) is 0 Å². The van der Waals surface area contributed by atoms with Gasteiger partial charge in [0.2, 0.25) is 11.8 Å². The molecule has 3 heterocycles. The fourth-order valence-electron chi connectivity index (χ4n) is 7.14. The lowest BCUT2D eigenvalue weighted by molar-refractivity contribution is -0.139. The van der Waals surface area contributed by atoms with Crippen molar-refractivity contribution in [3.8, 4) is 0 Å². The number of hydrogen-bond acceptors (Lipinski definition) is 5. The Bertz CT molecular complexity index is 1380. The SMILES string of the molecule is C=CCN(C(=O)C1N(CCCCCCO)C(=O)[C@@H]2[C@H](C(=O)N(CC=C)c3ccccc3)[C@H]3SC12CC3Br)c1ccc(Cl)cc1. The number of hydrogen-bond donors (Lipinski definition) is 1. The third kappa shape index (κ3) is 6.00. The molecule has 0 aliphatic carbocycles. The van der Waals surface area contributed by atoms with Gasteiger partial charge in [0, 0.05) is 52.7 Å². The molecule has 1 spiro atoms. The molecule has 2 aromatic rings. The van der Waals surface area contributed by atoms with Gasteiger partial charge in [-0.05, 0) is 55.7 Å². The molecule has 2 aromatic carbocycles. The number of nitrogens with zero attached hydrogens (tertiary/aromatic N) is 3. The zero-order chi connectivity index (χ0) is 31.4. The van der Waals surface area contributed by atoms with E-state index in [0.717, 1.165) is 18.5 Å². The lowest BCUT2D eigenvalue weighted by atomic mass is 9.70. The molecule has 0 saturated carbocycles. The summed E-state index contributed by atoms with van der Waals surface area (Å²) in [6, 6.07) is 15.8. The van der Waals surface area contributed by atoms with Gasteiger partial charge in [-0.25, -0.2) is 0 Å². The van der Waals surface area contributed by atoms with Crippen molar-refractivity contribution in [2.45, 2.75) is 53.0 Å². The summed E-state index contributed by atoms with van der Waals surface area (Å²) in [6.07, 6.45) is 7.07. The van der Waals surface area contributed by atoms with Gasteiger partial charge < -0.3 is 19.8 Å². The number of rotatable bonds is 14. The maximum absolute atomic E-state index is 14.8. The Morgan fingerprint density at radius 2 is 1.59 bits per heavy atom. The van der Waals surface area contributed by atoms with E-state index in [1.807, 2.05) is 30.3 Å². The number of thioether (sulfide) groups is 1. The van der Waals surface area contributed by atoms with Gasteiger partial charge in [-0.3, -0.25) is 14.4 Å². The van der Waals surface area contributed by atoms with Crippen molar-refractivity contribution in [3.63, 3.8) is 0 Å². The fourth-order valence-corrected chi connectivity index (χ4v) is 10.9. The van der Waals surface area contributed by atoms with Crippen molar-refractivity contribution in [2.75, 3.05) is 36.0 Å². The molecule has 3 saturated heterocycles. The average molecular weight is 701 g/mol. The van der Waals surface area contributed by atoms with Gasteiger partial charge in [0.05, 0.1) is 16.6 Å². The highest BCUT2D eigenvalue weighted by Gasteiger charge is 2.76.